The lowest BCUT2D eigenvalue weighted by atomic mass is 9.97. The zero-order chi connectivity index (χ0) is 34.6. The van der Waals surface area contributed by atoms with E-state index >= 15 is 0 Å². The van der Waals surface area contributed by atoms with Crippen molar-refractivity contribution in [1.29, 1.82) is 0 Å². The Bertz CT molecular complexity index is 1600. The maximum Gasteiger partial charge on any atom is 0.415 e. The number of ketones is 1. The third-order valence-corrected chi connectivity index (χ3v) is 7.68. The second kappa shape index (κ2) is 17.6. The first kappa shape index (κ1) is 37.2. The molecule has 0 heterocycles. The van der Waals surface area contributed by atoms with Gasteiger partial charge in [-0.15, -0.1) is 0 Å². The monoisotopic (exact) mass is 668 g/mol. The molecule has 0 spiro atoms. The number of amidine groups is 1. The fourth-order valence-electron chi connectivity index (χ4n) is 4.45. The molecule has 11 heteroatoms. The summed E-state index contributed by atoms with van der Waals surface area (Å²) < 4.78 is 51.8. The van der Waals surface area contributed by atoms with Gasteiger partial charge in [0.15, 0.2) is 5.78 Å². The molecule has 0 aliphatic heterocycles. The Morgan fingerprint density at radius 3 is 2.36 bits per heavy atom. The molecule has 6 nitrogen and oxygen atoms in total. The lowest BCUT2D eigenvalue weighted by molar-refractivity contribution is -0.115. The summed E-state index contributed by atoms with van der Waals surface area (Å²) in [6, 6.07) is 22.1. The molecule has 1 atom stereocenters. The highest BCUT2D eigenvalue weighted by Gasteiger charge is 2.31. The predicted molar refractivity (Wildman–Crippen MR) is 183 cm³/mol. The van der Waals surface area contributed by atoms with Crippen LogP contribution in [0.2, 0.25) is 0 Å². The molecule has 3 aromatic rings. The van der Waals surface area contributed by atoms with Crippen molar-refractivity contribution in [3.05, 3.63) is 125 Å². The number of carbonyl (C=O) groups is 2. The van der Waals surface area contributed by atoms with Crippen LogP contribution in [-0.2, 0) is 4.79 Å². The molecule has 0 radical (unpaired) electrons. The number of rotatable bonds is 12. The van der Waals surface area contributed by atoms with Crippen molar-refractivity contribution in [2.75, 3.05) is 18.1 Å². The number of hydrogen-bond donors (Lipinski definition) is 3. The van der Waals surface area contributed by atoms with E-state index in [4.69, 9.17) is 5.73 Å². The highest BCUT2D eigenvalue weighted by Crippen LogP contribution is 2.31. The molecule has 1 fully saturated rings. The fourth-order valence-corrected chi connectivity index (χ4v) is 4.64. The average molecular weight is 669 g/mol. The maximum absolute atomic E-state index is 13.5. The average Bonchev–Trinajstić information content (AvgIpc) is 3.87. The van der Waals surface area contributed by atoms with E-state index in [1.165, 1.54) is 24.5 Å². The second-order valence-electron chi connectivity index (χ2n) is 11.1. The number of aliphatic imine (C=N–C) groups is 1. The zero-order valence-electron chi connectivity index (χ0n) is 26.7. The summed E-state index contributed by atoms with van der Waals surface area (Å²) in [6.45, 7) is 7.57. The van der Waals surface area contributed by atoms with Gasteiger partial charge in [-0.25, -0.2) is 4.39 Å². The van der Waals surface area contributed by atoms with E-state index in [0.29, 0.717) is 29.3 Å². The quantitative estimate of drug-likeness (QED) is 0.0587. The summed E-state index contributed by atoms with van der Waals surface area (Å²) in [5.74, 6) is 0.168. The van der Waals surface area contributed by atoms with E-state index in [2.05, 4.69) is 46.5 Å². The summed E-state index contributed by atoms with van der Waals surface area (Å²) in [5, 5.41) is 5.84. The number of hydrogen-bond acceptors (Lipinski definition) is 5. The molecule has 0 saturated heterocycles. The van der Waals surface area contributed by atoms with Crippen LogP contribution in [0.25, 0.3) is 0 Å². The topological polar surface area (TPSA) is 96.6 Å². The number of carbonyl (C=O) groups excluding carboxylic acids is 2. The number of allylic oxidation sites excluding steroid dienone is 3. The molecule has 1 saturated carbocycles. The van der Waals surface area contributed by atoms with Gasteiger partial charge in [-0.1, -0.05) is 79.9 Å². The van der Waals surface area contributed by atoms with Crippen LogP contribution in [0.15, 0.2) is 102 Å². The number of nitrogens with one attached hydrogen (secondary N) is 2. The van der Waals surface area contributed by atoms with Crippen molar-refractivity contribution < 1.29 is 27.2 Å². The minimum atomic E-state index is -4.64. The van der Waals surface area contributed by atoms with Crippen LogP contribution >= 0.6 is 11.8 Å². The van der Waals surface area contributed by atoms with Gasteiger partial charge in [0.05, 0.1) is 17.3 Å². The number of amides is 1. The molecule has 250 valence electrons. The number of thioether (sulfide) groups is 1. The lowest BCUT2D eigenvalue weighted by Gasteiger charge is -2.20. The second-order valence-corrected chi connectivity index (χ2v) is 11.9. The van der Waals surface area contributed by atoms with E-state index in [9.17, 15) is 27.2 Å². The van der Waals surface area contributed by atoms with Crippen molar-refractivity contribution in [3.8, 4) is 0 Å². The number of Topliss-reactive ketones (excluding diaryl/α,β-unsaturated/α-hetero) is 1. The first-order chi connectivity index (χ1) is 22.3. The minimum absolute atomic E-state index is 0.0388. The Balaban J connectivity index is 0.000000265. The molecule has 1 aliphatic carbocycles. The maximum atomic E-state index is 13.5. The Kier molecular flexibility index (Phi) is 14.0. The van der Waals surface area contributed by atoms with Crippen LogP contribution in [0.3, 0.4) is 0 Å². The molecular formula is C36H40F4N4O2S. The van der Waals surface area contributed by atoms with Crippen LogP contribution < -0.4 is 16.4 Å². The van der Waals surface area contributed by atoms with Crippen molar-refractivity contribution in [3.63, 3.8) is 0 Å². The first-order valence-electron chi connectivity index (χ1n) is 15.2. The van der Waals surface area contributed by atoms with E-state index in [1.54, 1.807) is 37.4 Å². The molecule has 0 aromatic heterocycles. The highest BCUT2D eigenvalue weighted by atomic mass is 32.2. The molecule has 4 N–H and O–H groups in total. The summed E-state index contributed by atoms with van der Waals surface area (Å²) in [4.78, 5) is 27.2. The third-order valence-electron chi connectivity index (χ3n) is 7.24. The smallest absolute Gasteiger partial charge is 0.383 e. The lowest BCUT2D eigenvalue weighted by Crippen LogP contribution is -2.24. The van der Waals surface area contributed by atoms with Gasteiger partial charge in [-0.2, -0.15) is 18.2 Å². The van der Waals surface area contributed by atoms with Gasteiger partial charge in [0.2, 0.25) is 0 Å². The van der Waals surface area contributed by atoms with Gasteiger partial charge < -0.3 is 16.4 Å². The van der Waals surface area contributed by atoms with Crippen molar-refractivity contribution in [1.82, 2.24) is 5.32 Å². The number of alkyl halides is 3. The SMILES string of the molecule is C=C(/C=C(\Nc1cccc(/C(N)=N/C(=O)SC)c1)C(=O)CCC)C(F)(F)F.Cc1cc(C(NCC2CC2)c2ccccc2)ccc1F. The number of benzene rings is 3. The molecule has 1 unspecified atom stereocenters. The standard InChI is InChI=1S/C18H20F3N3O2S.C18H20FN/c1-4-6-15(25)14(9-11(2)18(19,20)21)23-13-8-5-7-12(10-13)16(22)24-17(26)27-3;1-13-11-16(9-10-17(13)19)18(20-12-14-7-8-14)15-5-3-2-4-6-15/h5,7-10,23H,2,4,6H2,1,3H3,(H2,22,24,26);2-6,9-11,14,18,20H,7-8,12H2,1H3/b14-9-;. The molecule has 3 aromatic carbocycles. The minimum Gasteiger partial charge on any atom is -0.383 e. The Morgan fingerprint density at radius 1 is 1.06 bits per heavy atom. The fraction of sp³-hybridized carbons (Fsp3) is 0.306. The zero-order valence-corrected chi connectivity index (χ0v) is 27.5. The predicted octanol–water partition coefficient (Wildman–Crippen LogP) is 8.88. The largest absolute Gasteiger partial charge is 0.415 e. The number of halogens is 4. The van der Waals surface area contributed by atoms with Gasteiger partial charge in [0.25, 0.3) is 0 Å². The first-order valence-corrected chi connectivity index (χ1v) is 16.4. The van der Waals surface area contributed by atoms with E-state index in [0.717, 1.165) is 29.8 Å². The summed E-state index contributed by atoms with van der Waals surface area (Å²) in [7, 11) is 0. The van der Waals surface area contributed by atoms with E-state index in [-0.39, 0.29) is 29.8 Å². The molecule has 0 bridgehead atoms. The van der Waals surface area contributed by atoms with Crippen molar-refractivity contribution in [2.45, 2.75) is 51.7 Å². The number of nitrogens with two attached hydrogens (primary N) is 1. The van der Waals surface area contributed by atoms with Crippen molar-refractivity contribution >= 4 is 34.3 Å². The van der Waals surface area contributed by atoms with E-state index in [1.807, 2.05) is 25.1 Å². The molecule has 47 heavy (non-hydrogen) atoms. The Labute approximate surface area is 277 Å². The molecular weight excluding hydrogens is 628 g/mol. The molecule has 1 amide bonds. The summed E-state index contributed by atoms with van der Waals surface area (Å²) >= 11 is 0.889. The third kappa shape index (κ3) is 12.1. The molecule has 1 aliphatic rings. The van der Waals surface area contributed by atoms with Gasteiger partial charge in [-0.3, -0.25) is 9.59 Å². The van der Waals surface area contributed by atoms with Gasteiger partial charge >= 0.3 is 11.4 Å². The van der Waals surface area contributed by atoms with Crippen LogP contribution in [-0.4, -0.2) is 35.8 Å². The van der Waals surface area contributed by atoms with Gasteiger partial charge in [-0.05, 0) is 85.9 Å². The van der Waals surface area contributed by atoms with Crippen LogP contribution in [0, 0.1) is 18.7 Å². The van der Waals surface area contributed by atoms with Gasteiger partial charge in [0.1, 0.15) is 11.7 Å². The van der Waals surface area contributed by atoms with Crippen LogP contribution in [0.4, 0.5) is 28.0 Å². The summed E-state index contributed by atoms with van der Waals surface area (Å²) in [5.41, 5.74) is 8.18. The number of anilines is 1. The van der Waals surface area contributed by atoms with Crippen LogP contribution in [0.5, 0.6) is 0 Å². The highest BCUT2D eigenvalue weighted by molar-refractivity contribution is 8.13. The van der Waals surface area contributed by atoms with Crippen molar-refractivity contribution in [2.24, 2.45) is 16.6 Å². The van der Waals surface area contributed by atoms with Gasteiger partial charge in [0, 0.05) is 17.7 Å². The number of aryl methyl sites for hydroxylation is 1. The molecule has 4 rings (SSSR count). The van der Waals surface area contributed by atoms with E-state index < -0.39 is 22.8 Å². The van der Waals surface area contributed by atoms with Crippen LogP contribution in [0.1, 0.15) is 60.9 Å². The normalized spacial score (nSPS) is 14.1. The summed E-state index contributed by atoms with van der Waals surface area (Å²) in [6.07, 6.45) is 0.813. The Hall–Kier alpha value is -4.22. The number of nitrogens with zero attached hydrogens (tertiary/aromatic N) is 1. The Morgan fingerprint density at radius 2 is 1.77 bits per heavy atom.